The summed E-state index contributed by atoms with van der Waals surface area (Å²) in [6.07, 6.45) is 4.17. The van der Waals surface area contributed by atoms with Crippen LogP contribution >= 0.6 is 0 Å². The Hall–Kier alpha value is -2.57. The Bertz CT molecular complexity index is 635. The smallest absolute Gasteiger partial charge is 0.264 e. The first kappa shape index (κ1) is 13.9. The molecule has 0 aliphatic heterocycles. The van der Waals surface area contributed by atoms with Crippen LogP contribution in [0.5, 0.6) is 5.88 Å². The Morgan fingerprint density at radius 1 is 1.50 bits per heavy atom. The zero-order chi connectivity index (χ0) is 14.5. The van der Waals surface area contributed by atoms with E-state index in [-0.39, 0.29) is 6.42 Å². The SMILES string of the molecule is COc1nc(CCC(=O)N=N)ccc1-n1cnc(C)c1. The molecular formula is C13H15N5O2. The maximum atomic E-state index is 11.0. The van der Waals surface area contributed by atoms with Crippen molar-refractivity contribution in [1.29, 1.82) is 5.53 Å². The van der Waals surface area contributed by atoms with E-state index in [0.29, 0.717) is 12.3 Å². The number of amides is 1. The van der Waals surface area contributed by atoms with E-state index < -0.39 is 5.91 Å². The van der Waals surface area contributed by atoms with Gasteiger partial charge in [0.2, 0.25) is 5.88 Å². The maximum absolute atomic E-state index is 11.0. The molecule has 2 heterocycles. The molecule has 2 rings (SSSR count). The number of hydrogen-bond donors (Lipinski definition) is 1. The fraction of sp³-hybridized carbons (Fsp3) is 0.308. The highest BCUT2D eigenvalue weighted by molar-refractivity contribution is 5.76. The molecule has 0 fully saturated rings. The van der Waals surface area contributed by atoms with Gasteiger partial charge in [0.15, 0.2) is 0 Å². The number of nitrogens with zero attached hydrogens (tertiary/aromatic N) is 4. The summed E-state index contributed by atoms with van der Waals surface area (Å²) in [6, 6.07) is 3.69. The highest BCUT2D eigenvalue weighted by Crippen LogP contribution is 2.21. The Kier molecular flexibility index (Phi) is 4.19. The lowest BCUT2D eigenvalue weighted by molar-refractivity contribution is -0.118. The molecule has 20 heavy (non-hydrogen) atoms. The van der Waals surface area contributed by atoms with E-state index in [9.17, 15) is 4.79 Å². The minimum Gasteiger partial charge on any atom is -0.479 e. The number of hydrogen-bond acceptors (Lipinski definition) is 5. The van der Waals surface area contributed by atoms with Crippen molar-refractivity contribution in [2.75, 3.05) is 7.11 Å². The van der Waals surface area contributed by atoms with Gasteiger partial charge in [-0.2, -0.15) is 0 Å². The number of carbonyl (C=O) groups excluding carboxylic acids is 1. The monoisotopic (exact) mass is 273 g/mol. The van der Waals surface area contributed by atoms with Gasteiger partial charge >= 0.3 is 0 Å². The van der Waals surface area contributed by atoms with Crippen molar-refractivity contribution in [2.45, 2.75) is 19.8 Å². The third kappa shape index (κ3) is 3.05. The van der Waals surface area contributed by atoms with Crippen molar-refractivity contribution in [3.8, 4) is 11.6 Å². The molecule has 7 nitrogen and oxygen atoms in total. The molecule has 0 aromatic carbocycles. The maximum Gasteiger partial charge on any atom is 0.264 e. The largest absolute Gasteiger partial charge is 0.479 e. The Morgan fingerprint density at radius 3 is 2.90 bits per heavy atom. The minimum atomic E-state index is -0.458. The van der Waals surface area contributed by atoms with Crippen molar-refractivity contribution in [3.63, 3.8) is 0 Å². The topological polar surface area (TPSA) is 93.2 Å². The van der Waals surface area contributed by atoms with Gasteiger partial charge in [0.1, 0.15) is 5.69 Å². The molecule has 1 N–H and O–H groups in total. The van der Waals surface area contributed by atoms with Crippen LogP contribution in [0.4, 0.5) is 0 Å². The average Bonchev–Trinajstić information content (AvgIpc) is 2.90. The first-order valence-electron chi connectivity index (χ1n) is 6.09. The number of pyridine rings is 1. The van der Waals surface area contributed by atoms with Gasteiger partial charge in [-0.25, -0.2) is 15.5 Å². The second-order valence-corrected chi connectivity index (χ2v) is 4.26. The van der Waals surface area contributed by atoms with E-state index >= 15 is 0 Å². The Morgan fingerprint density at radius 2 is 2.30 bits per heavy atom. The number of rotatable bonds is 5. The highest BCUT2D eigenvalue weighted by Gasteiger charge is 2.10. The first-order chi connectivity index (χ1) is 9.63. The number of methoxy groups -OCH3 is 1. The summed E-state index contributed by atoms with van der Waals surface area (Å²) in [7, 11) is 1.55. The van der Waals surface area contributed by atoms with Crippen molar-refractivity contribution >= 4 is 5.91 Å². The molecule has 0 unspecified atom stereocenters. The number of ether oxygens (including phenoxy) is 1. The predicted octanol–water partition coefficient (Wildman–Crippen LogP) is 2.07. The summed E-state index contributed by atoms with van der Waals surface area (Å²) in [4.78, 5) is 19.5. The fourth-order valence-corrected chi connectivity index (χ4v) is 1.80. The molecule has 0 saturated carbocycles. The van der Waals surface area contributed by atoms with Gasteiger partial charge < -0.3 is 9.30 Å². The summed E-state index contributed by atoms with van der Waals surface area (Å²) >= 11 is 0. The quantitative estimate of drug-likeness (QED) is 0.844. The highest BCUT2D eigenvalue weighted by atomic mass is 16.5. The van der Waals surface area contributed by atoms with E-state index in [2.05, 4.69) is 15.1 Å². The number of aromatic nitrogens is 3. The predicted molar refractivity (Wildman–Crippen MR) is 71.1 cm³/mol. The van der Waals surface area contributed by atoms with Crippen LogP contribution in [0.15, 0.2) is 29.8 Å². The first-order valence-corrected chi connectivity index (χ1v) is 6.09. The van der Waals surface area contributed by atoms with E-state index in [0.717, 1.165) is 17.1 Å². The summed E-state index contributed by atoms with van der Waals surface area (Å²) in [6.45, 7) is 1.90. The summed E-state index contributed by atoms with van der Waals surface area (Å²) in [5.74, 6) is 0.00948. The van der Waals surface area contributed by atoms with Crippen LogP contribution in [0.1, 0.15) is 17.8 Å². The summed E-state index contributed by atoms with van der Waals surface area (Å²) in [5.41, 5.74) is 9.03. The van der Waals surface area contributed by atoms with Crippen LogP contribution in [-0.4, -0.2) is 27.6 Å². The average molecular weight is 273 g/mol. The van der Waals surface area contributed by atoms with Gasteiger partial charge in [0.05, 0.1) is 19.1 Å². The molecule has 2 aromatic heterocycles. The second-order valence-electron chi connectivity index (χ2n) is 4.26. The van der Waals surface area contributed by atoms with E-state index in [1.165, 1.54) is 0 Å². The number of carbonyl (C=O) groups is 1. The van der Waals surface area contributed by atoms with Gasteiger partial charge in [0, 0.05) is 18.3 Å². The van der Waals surface area contributed by atoms with Crippen LogP contribution in [-0.2, 0) is 11.2 Å². The van der Waals surface area contributed by atoms with Crippen LogP contribution < -0.4 is 4.74 Å². The van der Waals surface area contributed by atoms with E-state index in [1.807, 2.05) is 29.8 Å². The number of nitrogens with one attached hydrogen (secondary N) is 1. The molecule has 7 heteroatoms. The Labute approximate surface area is 116 Å². The molecule has 1 amide bonds. The fourth-order valence-electron chi connectivity index (χ4n) is 1.80. The molecule has 0 aliphatic carbocycles. The number of imidazole rings is 1. The summed E-state index contributed by atoms with van der Waals surface area (Å²) < 4.78 is 7.11. The van der Waals surface area contributed by atoms with E-state index in [4.69, 9.17) is 10.3 Å². The van der Waals surface area contributed by atoms with Gasteiger partial charge in [-0.1, -0.05) is 0 Å². The van der Waals surface area contributed by atoms with Crippen LogP contribution in [0.2, 0.25) is 0 Å². The van der Waals surface area contributed by atoms with Crippen LogP contribution in [0.3, 0.4) is 0 Å². The van der Waals surface area contributed by atoms with Gasteiger partial charge in [-0.3, -0.25) is 4.79 Å². The van der Waals surface area contributed by atoms with Crippen LogP contribution in [0.25, 0.3) is 5.69 Å². The molecule has 2 aromatic rings. The van der Waals surface area contributed by atoms with Crippen LogP contribution in [0, 0.1) is 12.5 Å². The number of aryl methyl sites for hydroxylation is 2. The van der Waals surface area contributed by atoms with Gasteiger partial charge in [-0.05, 0) is 25.5 Å². The van der Waals surface area contributed by atoms with Gasteiger partial charge in [0.25, 0.3) is 5.91 Å². The van der Waals surface area contributed by atoms with Crippen molar-refractivity contribution in [1.82, 2.24) is 14.5 Å². The Balaban J connectivity index is 2.24. The van der Waals surface area contributed by atoms with E-state index in [1.54, 1.807) is 13.4 Å². The third-order valence-electron chi connectivity index (χ3n) is 2.80. The lowest BCUT2D eigenvalue weighted by Crippen LogP contribution is -2.02. The lowest BCUT2D eigenvalue weighted by Gasteiger charge is -2.09. The molecular weight excluding hydrogens is 258 g/mol. The molecule has 0 bridgehead atoms. The zero-order valence-corrected chi connectivity index (χ0v) is 11.3. The molecule has 0 spiro atoms. The third-order valence-corrected chi connectivity index (χ3v) is 2.80. The second kappa shape index (κ2) is 6.05. The molecule has 0 radical (unpaired) electrons. The minimum absolute atomic E-state index is 0.170. The lowest BCUT2D eigenvalue weighted by atomic mass is 10.2. The normalized spacial score (nSPS) is 10.3. The molecule has 104 valence electrons. The molecule has 0 saturated heterocycles. The zero-order valence-electron chi connectivity index (χ0n) is 11.3. The molecule has 0 atom stereocenters. The standard InChI is InChI=1S/C13H15N5O2/c1-9-7-18(8-15-9)11-5-3-10(16-13(11)20-2)4-6-12(19)17-14/h3,5,7-8,14H,4,6H2,1-2H3. The molecule has 0 aliphatic rings. The summed E-state index contributed by atoms with van der Waals surface area (Å²) in [5, 5.41) is 2.85. The van der Waals surface area contributed by atoms with Crippen molar-refractivity contribution < 1.29 is 9.53 Å². The van der Waals surface area contributed by atoms with Crippen molar-refractivity contribution in [2.24, 2.45) is 5.11 Å². The van der Waals surface area contributed by atoms with Gasteiger partial charge in [-0.15, -0.1) is 5.11 Å². The van der Waals surface area contributed by atoms with Crippen molar-refractivity contribution in [3.05, 3.63) is 36.0 Å².